The van der Waals surface area contributed by atoms with Crippen molar-refractivity contribution in [1.29, 1.82) is 0 Å². The quantitative estimate of drug-likeness (QED) is 0.463. The average molecular weight is 434 g/mol. The van der Waals surface area contributed by atoms with Crippen molar-refractivity contribution in [2.75, 3.05) is 0 Å². The Labute approximate surface area is 203 Å². The van der Waals surface area contributed by atoms with E-state index >= 15 is 0 Å². The number of carboxylic acid groups (broad SMARTS) is 1. The molecule has 7 heteroatoms. The topological polar surface area (TPSA) is 82.7 Å². The molecule has 3 N–H and O–H groups in total. The molecule has 0 saturated carbocycles. The van der Waals surface area contributed by atoms with Crippen LogP contribution in [0, 0.1) is 5.82 Å². The molecule has 3 aromatic rings. The van der Waals surface area contributed by atoms with Gasteiger partial charge in [-0.3, -0.25) is 4.79 Å². The number of benzene rings is 2. The Morgan fingerprint density at radius 1 is 1.10 bits per heavy atom. The summed E-state index contributed by atoms with van der Waals surface area (Å²) >= 11 is 0. The summed E-state index contributed by atoms with van der Waals surface area (Å²) in [6.45, 7) is 4.12. The number of carboxylic acids is 1. The second-order valence-corrected chi connectivity index (χ2v) is 7.66. The number of aliphatic hydroxyl groups is 2. The van der Waals surface area contributed by atoms with Crippen LogP contribution in [-0.2, 0) is 4.79 Å². The molecule has 2 atom stereocenters. The van der Waals surface area contributed by atoms with Gasteiger partial charge in [-0.05, 0) is 43.7 Å². The maximum atomic E-state index is 13.5. The minimum absolute atomic E-state index is 0. The first kappa shape index (κ1) is 25.3. The summed E-state index contributed by atoms with van der Waals surface area (Å²) in [6, 6.07) is 14.4. The largest absolute Gasteiger partial charge is 0.481 e. The van der Waals surface area contributed by atoms with Crippen molar-refractivity contribution in [2.24, 2.45) is 0 Å². The van der Waals surface area contributed by atoms with E-state index in [2.05, 4.69) is 18.4 Å². The van der Waals surface area contributed by atoms with E-state index in [0.29, 0.717) is 0 Å². The Balaban J connectivity index is 0.00000341. The van der Waals surface area contributed by atoms with E-state index in [1.54, 1.807) is 24.3 Å². The molecular weight excluding hydrogens is 408 g/mol. The van der Waals surface area contributed by atoms with Gasteiger partial charge in [-0.15, -0.1) is 0 Å². The molecule has 0 unspecified atom stereocenters. The van der Waals surface area contributed by atoms with E-state index < -0.39 is 24.6 Å². The van der Waals surface area contributed by atoms with Gasteiger partial charge in [0.2, 0.25) is 0 Å². The number of hydrogen-bond donors (Lipinski definition) is 3. The number of para-hydroxylation sites is 1. The summed E-state index contributed by atoms with van der Waals surface area (Å²) in [7, 11) is 0. The molecular formula is C24H26FNNaO4. The summed E-state index contributed by atoms with van der Waals surface area (Å²) in [6.07, 6.45) is 0.727. The van der Waals surface area contributed by atoms with Crippen LogP contribution in [0.25, 0.3) is 28.1 Å². The smallest absolute Gasteiger partial charge is 0.305 e. The summed E-state index contributed by atoms with van der Waals surface area (Å²) in [5.74, 6) is -1.43. The van der Waals surface area contributed by atoms with Crippen molar-refractivity contribution in [3.05, 3.63) is 66.1 Å². The summed E-state index contributed by atoms with van der Waals surface area (Å²) in [4.78, 5) is 10.7. The molecule has 0 bridgehead atoms. The fourth-order valence-electron chi connectivity index (χ4n) is 3.77. The van der Waals surface area contributed by atoms with Crippen molar-refractivity contribution in [1.82, 2.24) is 4.57 Å². The maximum Gasteiger partial charge on any atom is 0.305 e. The molecule has 159 valence electrons. The Morgan fingerprint density at radius 3 is 2.35 bits per heavy atom. The van der Waals surface area contributed by atoms with Gasteiger partial charge in [0.05, 0.1) is 18.6 Å². The molecule has 5 nitrogen and oxygen atoms in total. The number of rotatable bonds is 8. The number of aromatic nitrogens is 1. The zero-order valence-electron chi connectivity index (χ0n) is 18.0. The first-order valence-electron chi connectivity index (χ1n) is 9.93. The predicted molar refractivity (Wildman–Crippen MR) is 121 cm³/mol. The van der Waals surface area contributed by atoms with E-state index in [1.165, 1.54) is 12.1 Å². The molecule has 2 aromatic carbocycles. The number of hydrogen-bond acceptors (Lipinski definition) is 3. The third-order valence-electron chi connectivity index (χ3n) is 5.00. The molecule has 0 saturated heterocycles. The fraction of sp³-hybridized carbons (Fsp3) is 0.292. The Bertz CT molecular complexity index is 1060. The number of nitrogens with zero attached hydrogens (tertiary/aromatic N) is 1. The molecule has 1 aromatic heterocycles. The monoisotopic (exact) mass is 434 g/mol. The van der Waals surface area contributed by atoms with Gasteiger partial charge in [0.1, 0.15) is 5.82 Å². The number of carbonyl (C=O) groups is 1. The fourth-order valence-corrected chi connectivity index (χ4v) is 3.77. The standard InChI is InChI=1S/C24H26FNO4.Na/c1-15(2)26-21-6-4-3-5-20(21)24(16-7-9-17(25)10-8-16)22(26)12-11-18(27)13-19(28)14-23(29)30;/h3-12,15,18-19,27-28H,13-14H2,1-2H3,(H,29,30);/b12-11+;/t18-,19+;/m0./s1. The van der Waals surface area contributed by atoms with Crippen LogP contribution >= 0.6 is 0 Å². The minimum Gasteiger partial charge on any atom is -0.481 e. The van der Waals surface area contributed by atoms with Crippen LogP contribution in [0.1, 0.15) is 38.4 Å². The summed E-state index contributed by atoms with van der Waals surface area (Å²) < 4.78 is 15.6. The number of halogens is 1. The first-order valence-corrected chi connectivity index (χ1v) is 9.93. The normalized spacial score (nSPS) is 13.5. The van der Waals surface area contributed by atoms with Crippen LogP contribution in [-0.4, -0.2) is 67.6 Å². The molecule has 31 heavy (non-hydrogen) atoms. The molecule has 0 aliphatic heterocycles. The third kappa shape index (κ3) is 6.05. The first-order chi connectivity index (χ1) is 14.3. The molecule has 3 rings (SSSR count). The molecule has 0 aliphatic carbocycles. The molecule has 1 radical (unpaired) electrons. The predicted octanol–water partition coefficient (Wildman–Crippen LogP) is 4.25. The second kappa shape index (κ2) is 11.1. The van der Waals surface area contributed by atoms with Crippen molar-refractivity contribution >= 4 is 52.5 Å². The van der Waals surface area contributed by atoms with Crippen LogP contribution in [0.15, 0.2) is 54.6 Å². The van der Waals surface area contributed by atoms with Crippen molar-refractivity contribution < 1.29 is 24.5 Å². The van der Waals surface area contributed by atoms with Crippen molar-refractivity contribution in [2.45, 2.75) is 44.9 Å². The van der Waals surface area contributed by atoms with Gasteiger partial charge in [-0.1, -0.05) is 36.4 Å². The summed E-state index contributed by atoms with van der Waals surface area (Å²) in [5, 5.41) is 29.9. The third-order valence-corrected chi connectivity index (χ3v) is 5.00. The SMILES string of the molecule is CC(C)n1c(/C=C/[C@H](O)C[C@@H](O)CC(=O)O)c(-c2ccc(F)cc2)c2ccccc21.[Na]. The Morgan fingerprint density at radius 2 is 1.74 bits per heavy atom. The van der Waals surface area contributed by atoms with Gasteiger partial charge >= 0.3 is 5.97 Å². The van der Waals surface area contributed by atoms with Gasteiger partial charge in [0, 0.05) is 64.2 Å². The van der Waals surface area contributed by atoms with Gasteiger partial charge in [-0.2, -0.15) is 0 Å². The molecule has 0 aliphatic rings. The van der Waals surface area contributed by atoms with E-state index in [-0.39, 0.29) is 47.8 Å². The van der Waals surface area contributed by atoms with Crippen LogP contribution in [0.3, 0.4) is 0 Å². The van der Waals surface area contributed by atoms with Crippen LogP contribution in [0.2, 0.25) is 0 Å². The Kier molecular flexibility index (Phi) is 9.03. The van der Waals surface area contributed by atoms with E-state index in [4.69, 9.17) is 5.11 Å². The maximum absolute atomic E-state index is 13.5. The zero-order chi connectivity index (χ0) is 21.8. The molecule has 0 fully saturated rings. The van der Waals surface area contributed by atoms with Gasteiger partial charge < -0.3 is 19.9 Å². The molecule has 0 amide bonds. The van der Waals surface area contributed by atoms with E-state index in [0.717, 1.165) is 27.7 Å². The molecule has 0 spiro atoms. The minimum atomic E-state index is -1.13. The second-order valence-electron chi connectivity index (χ2n) is 7.66. The van der Waals surface area contributed by atoms with Gasteiger partial charge in [0.15, 0.2) is 0 Å². The Hall–Kier alpha value is -1.96. The van der Waals surface area contributed by atoms with Crippen LogP contribution in [0.4, 0.5) is 4.39 Å². The summed E-state index contributed by atoms with van der Waals surface area (Å²) in [5.41, 5.74) is 3.65. The van der Waals surface area contributed by atoms with Crippen molar-refractivity contribution in [3.8, 4) is 11.1 Å². The van der Waals surface area contributed by atoms with E-state index in [9.17, 15) is 19.4 Å². The molecule has 1 heterocycles. The van der Waals surface area contributed by atoms with Gasteiger partial charge in [0.25, 0.3) is 0 Å². The average Bonchev–Trinajstić information content (AvgIpc) is 3.00. The number of aliphatic hydroxyl groups excluding tert-OH is 2. The van der Waals surface area contributed by atoms with Crippen LogP contribution in [0.5, 0.6) is 0 Å². The zero-order valence-corrected chi connectivity index (χ0v) is 20.0. The number of aliphatic carboxylic acids is 1. The van der Waals surface area contributed by atoms with E-state index in [1.807, 2.05) is 24.3 Å². The van der Waals surface area contributed by atoms with Gasteiger partial charge in [-0.25, -0.2) is 4.39 Å². The number of fused-ring (bicyclic) bond motifs is 1. The van der Waals surface area contributed by atoms with Crippen molar-refractivity contribution in [3.63, 3.8) is 0 Å². The van der Waals surface area contributed by atoms with Crippen LogP contribution < -0.4 is 0 Å².